The molecule has 0 saturated carbocycles. The van der Waals surface area contributed by atoms with Crippen LogP contribution in [0.1, 0.15) is 24.2 Å². The molecule has 0 saturated heterocycles. The fourth-order valence-corrected chi connectivity index (χ4v) is 2.08. The van der Waals surface area contributed by atoms with Crippen molar-refractivity contribution in [2.75, 3.05) is 0 Å². The Labute approximate surface area is 116 Å². The molecule has 2 aromatic carbocycles. The van der Waals surface area contributed by atoms with Crippen molar-refractivity contribution >= 4 is 11.6 Å². The Hall–Kier alpha value is -1.58. The van der Waals surface area contributed by atoms with E-state index in [9.17, 15) is 9.50 Å². The van der Waals surface area contributed by atoms with Crippen molar-refractivity contribution < 1.29 is 14.2 Å². The minimum Gasteiger partial charge on any atom is -0.457 e. The van der Waals surface area contributed by atoms with Crippen LogP contribution >= 0.6 is 11.6 Å². The van der Waals surface area contributed by atoms with E-state index in [-0.39, 0.29) is 5.56 Å². The molecule has 100 valence electrons. The molecule has 19 heavy (non-hydrogen) atoms. The number of aliphatic hydroxyl groups is 1. The Kier molecular flexibility index (Phi) is 4.08. The zero-order chi connectivity index (χ0) is 14.0. The van der Waals surface area contributed by atoms with Crippen LogP contribution in [0.4, 0.5) is 4.39 Å². The predicted molar refractivity (Wildman–Crippen MR) is 73.3 cm³/mol. The molecule has 0 heterocycles. The first-order valence-corrected chi connectivity index (χ1v) is 6.27. The fourth-order valence-electron chi connectivity index (χ4n) is 1.86. The highest BCUT2D eigenvalue weighted by molar-refractivity contribution is 6.30. The van der Waals surface area contributed by atoms with E-state index in [2.05, 4.69) is 0 Å². The van der Waals surface area contributed by atoms with Gasteiger partial charge in [-0.3, -0.25) is 0 Å². The molecular weight excluding hydrogens is 267 g/mol. The minimum atomic E-state index is -0.941. The van der Waals surface area contributed by atoms with Crippen molar-refractivity contribution in [1.29, 1.82) is 0 Å². The molecule has 0 radical (unpaired) electrons. The van der Waals surface area contributed by atoms with E-state index in [1.54, 1.807) is 30.3 Å². The van der Waals surface area contributed by atoms with Gasteiger partial charge in [-0.1, -0.05) is 17.7 Å². The Morgan fingerprint density at radius 3 is 2.58 bits per heavy atom. The van der Waals surface area contributed by atoms with Crippen LogP contribution in [0.2, 0.25) is 5.02 Å². The summed E-state index contributed by atoms with van der Waals surface area (Å²) >= 11 is 5.87. The van der Waals surface area contributed by atoms with E-state index in [1.165, 1.54) is 13.0 Å². The maximum atomic E-state index is 13.7. The van der Waals surface area contributed by atoms with Crippen LogP contribution in [-0.2, 0) is 0 Å². The number of halogens is 2. The van der Waals surface area contributed by atoms with Crippen LogP contribution in [0.3, 0.4) is 0 Å². The lowest BCUT2D eigenvalue weighted by atomic mass is 10.1. The van der Waals surface area contributed by atoms with E-state index in [4.69, 9.17) is 16.3 Å². The summed E-state index contributed by atoms with van der Waals surface area (Å²) in [6, 6.07) is 9.64. The maximum Gasteiger partial charge on any atom is 0.136 e. The summed E-state index contributed by atoms with van der Waals surface area (Å²) < 4.78 is 19.4. The second-order valence-electron chi connectivity index (χ2n) is 4.34. The number of hydrogen-bond acceptors (Lipinski definition) is 2. The SMILES string of the molecule is Cc1cc(Cl)ccc1Oc1cccc(F)c1[C@@H](C)O. The quantitative estimate of drug-likeness (QED) is 0.888. The zero-order valence-electron chi connectivity index (χ0n) is 10.7. The maximum absolute atomic E-state index is 13.7. The average molecular weight is 281 g/mol. The summed E-state index contributed by atoms with van der Waals surface area (Å²) in [6.07, 6.45) is -0.941. The third kappa shape index (κ3) is 3.06. The van der Waals surface area contributed by atoms with Crippen molar-refractivity contribution in [2.45, 2.75) is 20.0 Å². The lowest BCUT2D eigenvalue weighted by Crippen LogP contribution is -2.00. The fraction of sp³-hybridized carbons (Fsp3) is 0.200. The third-order valence-electron chi connectivity index (χ3n) is 2.79. The molecule has 0 spiro atoms. The van der Waals surface area contributed by atoms with Crippen molar-refractivity contribution in [3.63, 3.8) is 0 Å². The summed E-state index contributed by atoms with van der Waals surface area (Å²) in [4.78, 5) is 0. The molecule has 0 bridgehead atoms. The molecule has 4 heteroatoms. The molecule has 0 amide bonds. The Bertz CT molecular complexity index is 597. The first-order chi connectivity index (χ1) is 8.99. The van der Waals surface area contributed by atoms with Crippen molar-refractivity contribution in [3.05, 3.63) is 58.4 Å². The third-order valence-corrected chi connectivity index (χ3v) is 3.02. The van der Waals surface area contributed by atoms with Crippen molar-refractivity contribution in [3.8, 4) is 11.5 Å². The topological polar surface area (TPSA) is 29.5 Å². The minimum absolute atomic E-state index is 0.150. The van der Waals surface area contributed by atoms with Gasteiger partial charge in [0.15, 0.2) is 0 Å². The molecule has 0 fully saturated rings. The van der Waals surface area contributed by atoms with Gasteiger partial charge in [0.2, 0.25) is 0 Å². The number of aryl methyl sites for hydroxylation is 1. The van der Waals surface area contributed by atoms with Gasteiger partial charge in [0.1, 0.15) is 17.3 Å². The van der Waals surface area contributed by atoms with Crippen LogP contribution in [0.5, 0.6) is 11.5 Å². The predicted octanol–water partition coefficient (Wildman–Crippen LogP) is 4.63. The molecular formula is C15H14ClFO2. The second kappa shape index (κ2) is 5.59. The molecule has 0 aliphatic heterocycles. The van der Waals surface area contributed by atoms with Crippen molar-refractivity contribution in [1.82, 2.24) is 0 Å². The Balaban J connectivity index is 2.41. The highest BCUT2D eigenvalue weighted by Gasteiger charge is 2.15. The highest BCUT2D eigenvalue weighted by atomic mass is 35.5. The van der Waals surface area contributed by atoms with Gasteiger partial charge >= 0.3 is 0 Å². The molecule has 2 rings (SSSR count). The van der Waals surface area contributed by atoms with Crippen LogP contribution in [-0.4, -0.2) is 5.11 Å². The van der Waals surface area contributed by atoms with Crippen LogP contribution < -0.4 is 4.74 Å². The number of rotatable bonds is 3. The second-order valence-corrected chi connectivity index (χ2v) is 4.78. The lowest BCUT2D eigenvalue weighted by molar-refractivity contribution is 0.190. The van der Waals surface area contributed by atoms with E-state index < -0.39 is 11.9 Å². The molecule has 0 aliphatic rings. The van der Waals surface area contributed by atoms with Gasteiger partial charge in [0.25, 0.3) is 0 Å². The summed E-state index contributed by atoms with van der Waals surface area (Å²) in [5, 5.41) is 10.2. The first kappa shape index (κ1) is 13.8. The smallest absolute Gasteiger partial charge is 0.136 e. The lowest BCUT2D eigenvalue weighted by Gasteiger charge is -2.15. The van der Waals surface area contributed by atoms with Gasteiger partial charge in [0, 0.05) is 5.02 Å². The van der Waals surface area contributed by atoms with Gasteiger partial charge in [-0.2, -0.15) is 0 Å². The van der Waals surface area contributed by atoms with Gasteiger partial charge in [-0.25, -0.2) is 4.39 Å². The number of hydrogen-bond donors (Lipinski definition) is 1. The summed E-state index contributed by atoms with van der Waals surface area (Å²) in [6.45, 7) is 3.35. The van der Waals surface area contributed by atoms with Gasteiger partial charge in [0.05, 0.1) is 11.7 Å². The molecule has 2 nitrogen and oxygen atoms in total. The zero-order valence-corrected chi connectivity index (χ0v) is 11.4. The Morgan fingerprint density at radius 1 is 1.21 bits per heavy atom. The van der Waals surface area contributed by atoms with E-state index in [0.717, 1.165) is 5.56 Å². The van der Waals surface area contributed by atoms with Crippen LogP contribution in [0.15, 0.2) is 36.4 Å². The molecule has 0 aromatic heterocycles. The summed E-state index contributed by atoms with van der Waals surface area (Å²) in [7, 11) is 0. The highest BCUT2D eigenvalue weighted by Crippen LogP contribution is 2.33. The van der Waals surface area contributed by atoms with E-state index in [1.807, 2.05) is 6.92 Å². The monoisotopic (exact) mass is 280 g/mol. The summed E-state index contributed by atoms with van der Waals surface area (Å²) in [5.74, 6) is 0.399. The molecule has 2 aromatic rings. The van der Waals surface area contributed by atoms with Gasteiger partial charge in [-0.15, -0.1) is 0 Å². The Morgan fingerprint density at radius 2 is 1.95 bits per heavy atom. The normalized spacial score (nSPS) is 12.3. The molecule has 1 N–H and O–H groups in total. The average Bonchev–Trinajstić information content (AvgIpc) is 2.32. The molecule has 1 atom stereocenters. The number of ether oxygens (including phenoxy) is 1. The molecule has 0 unspecified atom stereocenters. The number of benzene rings is 2. The largest absolute Gasteiger partial charge is 0.457 e. The van der Waals surface area contributed by atoms with Crippen LogP contribution in [0.25, 0.3) is 0 Å². The van der Waals surface area contributed by atoms with E-state index >= 15 is 0 Å². The standard InChI is InChI=1S/C15H14ClFO2/c1-9-8-11(16)6-7-13(9)19-14-5-3-4-12(17)15(14)10(2)18/h3-8,10,18H,1-2H3/t10-/m1/s1. The molecule has 0 aliphatic carbocycles. The summed E-state index contributed by atoms with van der Waals surface area (Å²) in [5.41, 5.74) is 0.991. The first-order valence-electron chi connectivity index (χ1n) is 5.89. The van der Waals surface area contributed by atoms with Crippen molar-refractivity contribution in [2.24, 2.45) is 0 Å². The number of aliphatic hydroxyl groups excluding tert-OH is 1. The van der Waals surface area contributed by atoms with E-state index in [0.29, 0.717) is 16.5 Å². The van der Waals surface area contributed by atoms with Crippen LogP contribution in [0, 0.1) is 12.7 Å². The van der Waals surface area contributed by atoms with Gasteiger partial charge < -0.3 is 9.84 Å². The van der Waals surface area contributed by atoms with Gasteiger partial charge in [-0.05, 0) is 49.7 Å².